The summed E-state index contributed by atoms with van der Waals surface area (Å²) in [4.78, 5) is 12.6. The zero-order valence-electron chi connectivity index (χ0n) is 15.5. The van der Waals surface area contributed by atoms with Gasteiger partial charge >= 0.3 is 0 Å². The average Bonchev–Trinajstić information content (AvgIpc) is 3.24. The Morgan fingerprint density at radius 2 is 1.72 bits per heavy atom. The molecule has 4 aromatic rings. The van der Waals surface area contributed by atoms with Crippen LogP contribution in [0.15, 0.2) is 83.5 Å². The van der Waals surface area contributed by atoms with Crippen LogP contribution >= 0.6 is 15.9 Å². The Morgan fingerprint density at radius 3 is 2.45 bits per heavy atom. The number of para-hydroxylation sites is 2. The summed E-state index contributed by atoms with van der Waals surface area (Å²) >= 11 is 3.44. The number of nitrogens with zero attached hydrogens (tertiary/aromatic N) is 3. The molecule has 7 heteroatoms. The lowest BCUT2D eigenvalue weighted by atomic mass is 10.1. The smallest absolute Gasteiger partial charge is 0.255 e. The maximum absolute atomic E-state index is 12.6. The van der Waals surface area contributed by atoms with Crippen molar-refractivity contribution in [2.24, 2.45) is 0 Å². The number of benzene rings is 3. The molecule has 4 rings (SSSR count). The van der Waals surface area contributed by atoms with Crippen molar-refractivity contribution in [3.8, 4) is 22.7 Å². The number of hydrogen-bond acceptors (Lipinski definition) is 4. The van der Waals surface area contributed by atoms with Crippen molar-refractivity contribution in [1.82, 2.24) is 15.0 Å². The number of rotatable bonds is 5. The summed E-state index contributed by atoms with van der Waals surface area (Å²) in [6, 6.07) is 22.4. The van der Waals surface area contributed by atoms with E-state index in [1.807, 2.05) is 48.5 Å². The van der Waals surface area contributed by atoms with Crippen molar-refractivity contribution in [1.29, 1.82) is 0 Å². The van der Waals surface area contributed by atoms with Crippen LogP contribution in [0.2, 0.25) is 0 Å². The van der Waals surface area contributed by atoms with Crippen LogP contribution in [-0.4, -0.2) is 28.0 Å². The third-order valence-electron chi connectivity index (χ3n) is 4.42. The lowest BCUT2D eigenvalue weighted by Gasteiger charge is -2.10. The summed E-state index contributed by atoms with van der Waals surface area (Å²) in [5.74, 6) is 0.395. The van der Waals surface area contributed by atoms with Crippen LogP contribution in [0.3, 0.4) is 0 Å². The molecular weight excluding hydrogens is 432 g/mol. The standard InChI is InChI=1S/C22H17BrN4O2/c1-29-21-5-3-2-4-19(21)25-22(28)16-8-12-18(13-9-16)27-20(14-24-26-27)15-6-10-17(23)11-7-15/h2-14H,1H3,(H,25,28). The number of anilines is 1. The van der Waals surface area contributed by atoms with Crippen molar-refractivity contribution < 1.29 is 9.53 Å². The number of aromatic nitrogens is 3. The fourth-order valence-corrected chi connectivity index (χ4v) is 3.20. The highest BCUT2D eigenvalue weighted by atomic mass is 79.9. The highest BCUT2D eigenvalue weighted by Gasteiger charge is 2.12. The van der Waals surface area contributed by atoms with Gasteiger partial charge in [0.25, 0.3) is 5.91 Å². The SMILES string of the molecule is COc1ccccc1NC(=O)c1ccc(-n2nncc2-c2ccc(Br)cc2)cc1. The van der Waals surface area contributed by atoms with Crippen molar-refractivity contribution in [2.45, 2.75) is 0 Å². The first-order valence-corrected chi connectivity index (χ1v) is 9.66. The summed E-state index contributed by atoms with van der Waals surface area (Å²) < 4.78 is 8.02. The summed E-state index contributed by atoms with van der Waals surface area (Å²) in [7, 11) is 1.57. The molecule has 0 atom stereocenters. The molecule has 0 aliphatic heterocycles. The molecule has 0 radical (unpaired) electrons. The van der Waals surface area contributed by atoms with Gasteiger partial charge in [0.2, 0.25) is 0 Å². The van der Waals surface area contributed by atoms with Crippen LogP contribution in [0.25, 0.3) is 16.9 Å². The van der Waals surface area contributed by atoms with Crippen molar-refractivity contribution >= 4 is 27.5 Å². The largest absolute Gasteiger partial charge is 0.495 e. The molecule has 1 N–H and O–H groups in total. The first-order valence-electron chi connectivity index (χ1n) is 8.87. The van der Waals surface area contributed by atoms with Gasteiger partial charge in [0.05, 0.1) is 30.4 Å². The van der Waals surface area contributed by atoms with Gasteiger partial charge in [0, 0.05) is 15.6 Å². The van der Waals surface area contributed by atoms with Crippen molar-refractivity contribution in [3.63, 3.8) is 0 Å². The zero-order valence-corrected chi connectivity index (χ0v) is 17.1. The number of halogens is 1. The van der Waals surface area contributed by atoms with E-state index < -0.39 is 0 Å². The van der Waals surface area contributed by atoms with Gasteiger partial charge in [0.1, 0.15) is 5.75 Å². The highest BCUT2D eigenvalue weighted by molar-refractivity contribution is 9.10. The van der Waals surface area contributed by atoms with Gasteiger partial charge in [-0.3, -0.25) is 4.79 Å². The van der Waals surface area contributed by atoms with Crippen molar-refractivity contribution in [2.75, 3.05) is 12.4 Å². The van der Waals surface area contributed by atoms with Gasteiger partial charge in [0.15, 0.2) is 0 Å². The Morgan fingerprint density at radius 1 is 1.00 bits per heavy atom. The molecule has 1 heterocycles. The second-order valence-electron chi connectivity index (χ2n) is 6.24. The van der Waals surface area contributed by atoms with Gasteiger partial charge in [-0.05, 0) is 48.5 Å². The van der Waals surface area contributed by atoms with Crippen LogP contribution in [0.5, 0.6) is 5.75 Å². The van der Waals surface area contributed by atoms with E-state index >= 15 is 0 Å². The van der Waals surface area contributed by atoms with E-state index in [2.05, 4.69) is 31.6 Å². The summed E-state index contributed by atoms with van der Waals surface area (Å²) in [6.45, 7) is 0. The maximum Gasteiger partial charge on any atom is 0.255 e. The Balaban J connectivity index is 1.57. The number of carbonyl (C=O) groups is 1. The molecule has 0 saturated heterocycles. The zero-order chi connectivity index (χ0) is 20.2. The van der Waals surface area contributed by atoms with Crippen LogP contribution in [-0.2, 0) is 0 Å². The van der Waals surface area contributed by atoms with Crippen LogP contribution in [0.1, 0.15) is 10.4 Å². The lowest BCUT2D eigenvalue weighted by Crippen LogP contribution is -2.12. The van der Waals surface area contributed by atoms with Gasteiger partial charge in [-0.15, -0.1) is 5.10 Å². The number of hydrogen-bond donors (Lipinski definition) is 1. The lowest BCUT2D eigenvalue weighted by molar-refractivity contribution is 0.102. The van der Waals surface area contributed by atoms with E-state index in [0.717, 1.165) is 21.4 Å². The number of ether oxygens (including phenoxy) is 1. The minimum Gasteiger partial charge on any atom is -0.495 e. The highest BCUT2D eigenvalue weighted by Crippen LogP contribution is 2.25. The predicted octanol–water partition coefficient (Wildman–Crippen LogP) is 4.96. The number of amides is 1. The third kappa shape index (κ3) is 4.05. The molecule has 0 spiro atoms. The van der Waals surface area contributed by atoms with Crippen LogP contribution in [0, 0.1) is 0 Å². The predicted molar refractivity (Wildman–Crippen MR) is 115 cm³/mol. The van der Waals surface area contributed by atoms with E-state index in [9.17, 15) is 4.79 Å². The Kier molecular flexibility index (Phi) is 5.39. The average molecular weight is 449 g/mol. The molecule has 0 aliphatic carbocycles. The number of carbonyl (C=O) groups excluding carboxylic acids is 1. The minimum absolute atomic E-state index is 0.215. The van der Waals surface area contributed by atoms with Gasteiger partial charge < -0.3 is 10.1 Å². The Labute approximate surface area is 176 Å². The molecule has 1 aromatic heterocycles. The molecule has 29 heavy (non-hydrogen) atoms. The third-order valence-corrected chi connectivity index (χ3v) is 4.95. The fraction of sp³-hybridized carbons (Fsp3) is 0.0455. The first kappa shape index (κ1) is 18.9. The molecular formula is C22H17BrN4O2. The minimum atomic E-state index is -0.215. The summed E-state index contributed by atoms with van der Waals surface area (Å²) in [5.41, 5.74) is 3.83. The number of nitrogens with one attached hydrogen (secondary N) is 1. The van der Waals surface area contributed by atoms with Crippen LogP contribution in [0.4, 0.5) is 5.69 Å². The second-order valence-corrected chi connectivity index (χ2v) is 7.15. The second kappa shape index (κ2) is 8.28. The maximum atomic E-state index is 12.6. The molecule has 0 aliphatic rings. The molecule has 0 bridgehead atoms. The van der Waals surface area contributed by atoms with E-state index in [1.165, 1.54) is 0 Å². The van der Waals surface area contributed by atoms with E-state index in [1.54, 1.807) is 42.3 Å². The molecule has 1 amide bonds. The monoisotopic (exact) mass is 448 g/mol. The van der Waals surface area contributed by atoms with Gasteiger partial charge in [-0.1, -0.05) is 45.4 Å². The molecule has 0 unspecified atom stereocenters. The Bertz CT molecular complexity index is 1140. The van der Waals surface area contributed by atoms with Gasteiger partial charge in [-0.25, -0.2) is 4.68 Å². The fourth-order valence-electron chi connectivity index (χ4n) is 2.94. The van der Waals surface area contributed by atoms with E-state index in [-0.39, 0.29) is 5.91 Å². The van der Waals surface area contributed by atoms with Gasteiger partial charge in [-0.2, -0.15) is 0 Å². The summed E-state index contributed by atoms with van der Waals surface area (Å²) in [5, 5.41) is 11.1. The summed E-state index contributed by atoms with van der Waals surface area (Å²) in [6.07, 6.45) is 1.71. The van der Waals surface area contributed by atoms with E-state index in [0.29, 0.717) is 17.0 Å². The normalized spacial score (nSPS) is 10.6. The topological polar surface area (TPSA) is 69.0 Å². The number of methoxy groups -OCH3 is 1. The van der Waals surface area contributed by atoms with Crippen molar-refractivity contribution in [3.05, 3.63) is 89.0 Å². The molecule has 0 fully saturated rings. The van der Waals surface area contributed by atoms with Crippen LogP contribution < -0.4 is 10.1 Å². The molecule has 3 aromatic carbocycles. The molecule has 144 valence electrons. The first-order chi connectivity index (χ1) is 14.2. The molecule has 0 saturated carbocycles. The van der Waals surface area contributed by atoms with E-state index in [4.69, 9.17) is 4.74 Å². The quantitative estimate of drug-likeness (QED) is 0.468. The Hall–Kier alpha value is -3.45. The molecule has 6 nitrogen and oxygen atoms in total.